The molecule has 0 aliphatic carbocycles. The van der Waals surface area contributed by atoms with Crippen LogP contribution in [-0.2, 0) is 17.3 Å². The first kappa shape index (κ1) is 10.8. The number of nitrogens with one attached hydrogen (secondary N) is 1. The molecule has 0 spiro atoms. The highest BCUT2D eigenvalue weighted by Crippen LogP contribution is 2.10. The molecule has 0 aliphatic heterocycles. The molecule has 0 bridgehead atoms. The highest BCUT2D eigenvalue weighted by molar-refractivity contribution is 7.84. The summed E-state index contributed by atoms with van der Waals surface area (Å²) in [6, 6.07) is 0. The number of aromatic nitrogens is 1. The van der Waals surface area contributed by atoms with Gasteiger partial charge in [-0.1, -0.05) is 0 Å². The summed E-state index contributed by atoms with van der Waals surface area (Å²) in [5, 5.41) is 4.32. The van der Waals surface area contributed by atoms with E-state index in [4.69, 9.17) is 0 Å². The van der Waals surface area contributed by atoms with Gasteiger partial charge in [-0.25, -0.2) is 4.98 Å². The van der Waals surface area contributed by atoms with E-state index in [1.54, 1.807) is 17.6 Å². The van der Waals surface area contributed by atoms with Crippen molar-refractivity contribution in [2.75, 3.05) is 18.6 Å². The van der Waals surface area contributed by atoms with Crippen LogP contribution in [-0.4, -0.2) is 27.7 Å². The summed E-state index contributed by atoms with van der Waals surface area (Å²) in [6.07, 6.45) is 3.61. The maximum absolute atomic E-state index is 10.7. The second-order valence-electron chi connectivity index (χ2n) is 2.80. The first-order chi connectivity index (χ1) is 6.18. The smallest absolute Gasteiger partial charge is 0.0897 e. The highest BCUT2D eigenvalue weighted by Gasteiger charge is 1.97. The monoisotopic (exact) mass is 218 g/mol. The van der Waals surface area contributed by atoms with Crippen molar-refractivity contribution in [2.45, 2.75) is 13.5 Å². The van der Waals surface area contributed by atoms with Crippen LogP contribution in [0.2, 0.25) is 0 Å². The topological polar surface area (TPSA) is 42.0 Å². The van der Waals surface area contributed by atoms with Crippen LogP contribution in [0.3, 0.4) is 0 Å². The minimum atomic E-state index is -0.693. The van der Waals surface area contributed by atoms with Gasteiger partial charge in [0.25, 0.3) is 0 Å². The van der Waals surface area contributed by atoms with E-state index in [1.807, 2.05) is 13.1 Å². The minimum absolute atomic E-state index is 0.693. The fraction of sp³-hybridized carbons (Fsp3) is 0.625. The molecule has 0 fully saturated rings. The fourth-order valence-corrected chi connectivity index (χ4v) is 2.11. The summed E-state index contributed by atoms with van der Waals surface area (Å²) in [5.74, 6) is 0.720. The van der Waals surface area contributed by atoms with Crippen LogP contribution < -0.4 is 5.32 Å². The van der Waals surface area contributed by atoms with Crippen LogP contribution in [0, 0.1) is 6.92 Å². The van der Waals surface area contributed by atoms with Gasteiger partial charge in [-0.05, 0) is 6.92 Å². The summed E-state index contributed by atoms with van der Waals surface area (Å²) in [5.41, 5.74) is 0. The molecule has 0 radical (unpaired) electrons. The predicted molar refractivity (Wildman–Crippen MR) is 57.5 cm³/mol. The van der Waals surface area contributed by atoms with E-state index in [0.29, 0.717) is 0 Å². The lowest BCUT2D eigenvalue weighted by Crippen LogP contribution is -2.19. The van der Waals surface area contributed by atoms with E-state index in [0.717, 1.165) is 23.8 Å². The molecule has 1 aromatic heterocycles. The Morgan fingerprint density at radius 3 is 3.00 bits per heavy atom. The zero-order valence-corrected chi connectivity index (χ0v) is 9.50. The maximum Gasteiger partial charge on any atom is 0.0897 e. The van der Waals surface area contributed by atoms with Crippen molar-refractivity contribution in [2.24, 2.45) is 0 Å². The van der Waals surface area contributed by atoms with E-state index in [1.165, 1.54) is 4.88 Å². The highest BCUT2D eigenvalue weighted by atomic mass is 32.2. The largest absolute Gasteiger partial charge is 0.311 e. The first-order valence-electron chi connectivity index (χ1n) is 4.10. The number of hydrogen-bond donors (Lipinski definition) is 1. The van der Waals surface area contributed by atoms with Gasteiger partial charge in [0.15, 0.2) is 0 Å². The van der Waals surface area contributed by atoms with E-state index in [9.17, 15) is 4.21 Å². The molecule has 1 unspecified atom stereocenters. The van der Waals surface area contributed by atoms with Gasteiger partial charge in [-0.3, -0.25) is 4.21 Å². The summed E-state index contributed by atoms with van der Waals surface area (Å²) < 4.78 is 10.7. The standard InChI is InChI=1S/C8H14N2OS2/c1-7-10-6-8(12-7)5-9-3-4-13(2)11/h6,9H,3-5H2,1-2H3. The summed E-state index contributed by atoms with van der Waals surface area (Å²) >= 11 is 1.70. The second kappa shape index (κ2) is 5.47. The summed E-state index contributed by atoms with van der Waals surface area (Å²) in [6.45, 7) is 3.64. The molecule has 0 amide bonds. The minimum Gasteiger partial charge on any atom is -0.311 e. The van der Waals surface area contributed by atoms with Crippen LogP contribution in [0.25, 0.3) is 0 Å². The molecule has 1 aromatic rings. The van der Waals surface area contributed by atoms with E-state index in [-0.39, 0.29) is 0 Å². The number of nitrogens with zero attached hydrogens (tertiary/aromatic N) is 1. The van der Waals surface area contributed by atoms with Gasteiger partial charge in [-0.15, -0.1) is 11.3 Å². The molecule has 5 heteroatoms. The molecule has 1 heterocycles. The van der Waals surface area contributed by atoms with Crippen molar-refractivity contribution in [3.8, 4) is 0 Å². The molecule has 1 atom stereocenters. The number of hydrogen-bond acceptors (Lipinski definition) is 4. The van der Waals surface area contributed by atoms with Gasteiger partial charge < -0.3 is 5.32 Å². The molecule has 74 valence electrons. The Bertz CT molecular complexity index is 285. The van der Waals surface area contributed by atoms with Crippen molar-refractivity contribution >= 4 is 22.1 Å². The number of thiazole rings is 1. The third-order valence-corrected chi connectivity index (χ3v) is 3.23. The average Bonchev–Trinajstić information content (AvgIpc) is 2.45. The molecule has 1 rings (SSSR count). The van der Waals surface area contributed by atoms with Gasteiger partial charge in [0, 0.05) is 47.0 Å². The van der Waals surface area contributed by atoms with E-state index in [2.05, 4.69) is 10.3 Å². The number of rotatable bonds is 5. The predicted octanol–water partition coefficient (Wildman–Crippen LogP) is 0.920. The van der Waals surface area contributed by atoms with Crippen molar-refractivity contribution < 1.29 is 4.21 Å². The van der Waals surface area contributed by atoms with Gasteiger partial charge in [0.1, 0.15) is 0 Å². The maximum atomic E-state index is 10.7. The van der Waals surface area contributed by atoms with Gasteiger partial charge in [-0.2, -0.15) is 0 Å². The molecule has 0 aromatic carbocycles. The molecule has 1 N–H and O–H groups in total. The van der Waals surface area contributed by atoms with Crippen molar-refractivity contribution in [3.05, 3.63) is 16.1 Å². The Labute approximate surface area is 85.0 Å². The van der Waals surface area contributed by atoms with E-state index >= 15 is 0 Å². The van der Waals surface area contributed by atoms with Gasteiger partial charge >= 0.3 is 0 Å². The molecule has 0 aliphatic rings. The Morgan fingerprint density at radius 2 is 2.46 bits per heavy atom. The molecule has 0 saturated carbocycles. The molecule has 13 heavy (non-hydrogen) atoms. The average molecular weight is 218 g/mol. The quantitative estimate of drug-likeness (QED) is 0.747. The zero-order valence-electron chi connectivity index (χ0n) is 7.87. The molecular weight excluding hydrogens is 204 g/mol. The van der Waals surface area contributed by atoms with Crippen molar-refractivity contribution in [1.82, 2.24) is 10.3 Å². The third kappa shape index (κ3) is 4.50. The van der Waals surface area contributed by atoms with Crippen molar-refractivity contribution in [1.29, 1.82) is 0 Å². The molecule has 3 nitrogen and oxygen atoms in total. The SMILES string of the molecule is Cc1ncc(CNCCS(C)=O)s1. The van der Waals surface area contributed by atoms with Crippen LogP contribution in [0.15, 0.2) is 6.20 Å². The third-order valence-electron chi connectivity index (χ3n) is 1.53. The normalized spacial score (nSPS) is 13.1. The fourth-order valence-electron chi connectivity index (χ4n) is 0.915. The zero-order chi connectivity index (χ0) is 9.68. The number of aryl methyl sites for hydroxylation is 1. The Hall–Kier alpha value is -0.260. The second-order valence-corrected chi connectivity index (χ2v) is 5.67. The Morgan fingerprint density at radius 1 is 1.69 bits per heavy atom. The first-order valence-corrected chi connectivity index (χ1v) is 6.65. The van der Waals surface area contributed by atoms with Crippen LogP contribution in [0.4, 0.5) is 0 Å². The summed E-state index contributed by atoms with van der Waals surface area (Å²) in [7, 11) is -0.693. The van der Waals surface area contributed by atoms with Crippen LogP contribution in [0.5, 0.6) is 0 Å². The van der Waals surface area contributed by atoms with Gasteiger partial charge in [0.05, 0.1) is 5.01 Å². The lowest BCUT2D eigenvalue weighted by Gasteiger charge is -1.99. The lowest BCUT2D eigenvalue weighted by atomic mass is 10.5. The Balaban J connectivity index is 2.16. The van der Waals surface area contributed by atoms with Crippen molar-refractivity contribution in [3.63, 3.8) is 0 Å². The van der Waals surface area contributed by atoms with E-state index < -0.39 is 10.8 Å². The Kier molecular flexibility index (Phi) is 4.55. The molecule has 0 saturated heterocycles. The van der Waals surface area contributed by atoms with Crippen LogP contribution in [0.1, 0.15) is 9.88 Å². The van der Waals surface area contributed by atoms with Crippen LogP contribution >= 0.6 is 11.3 Å². The molecular formula is C8H14N2OS2. The van der Waals surface area contributed by atoms with Gasteiger partial charge in [0.2, 0.25) is 0 Å². The summed E-state index contributed by atoms with van der Waals surface area (Å²) in [4.78, 5) is 5.38. The lowest BCUT2D eigenvalue weighted by molar-refractivity contribution is 0.677.